The third-order valence-electron chi connectivity index (χ3n) is 3.88. The Balaban J connectivity index is 2.48. The molecule has 1 heterocycles. The van der Waals surface area contributed by atoms with E-state index >= 15 is 0 Å². The second-order valence-electron chi connectivity index (χ2n) is 5.67. The van der Waals surface area contributed by atoms with E-state index in [0.29, 0.717) is 22.8 Å². The van der Waals surface area contributed by atoms with E-state index in [9.17, 15) is 9.00 Å². The molecular formula is C17H22N2O4S. The number of ether oxygens (including phenoxy) is 2. The first kappa shape index (κ1) is 18.2. The van der Waals surface area contributed by atoms with Crippen molar-refractivity contribution in [3.8, 4) is 11.5 Å². The fraction of sp³-hybridized carbons (Fsp3) is 0.412. The van der Waals surface area contributed by atoms with Crippen LogP contribution in [0.25, 0.3) is 5.57 Å². The number of rotatable bonds is 5. The Morgan fingerprint density at radius 2 is 2.08 bits per heavy atom. The summed E-state index contributed by atoms with van der Waals surface area (Å²) in [6, 6.07) is 3.67. The van der Waals surface area contributed by atoms with Gasteiger partial charge in [-0.15, -0.1) is 0 Å². The summed E-state index contributed by atoms with van der Waals surface area (Å²) in [5, 5.41) is 4.12. The monoisotopic (exact) mass is 350 g/mol. The third-order valence-corrected chi connectivity index (χ3v) is 4.80. The second kappa shape index (κ2) is 7.61. The Labute approximate surface area is 144 Å². The van der Waals surface area contributed by atoms with Crippen LogP contribution in [0, 0.1) is 5.92 Å². The maximum absolute atomic E-state index is 12.0. The fourth-order valence-corrected chi connectivity index (χ4v) is 3.25. The number of nitrogens with zero attached hydrogens (tertiary/aromatic N) is 1. The highest BCUT2D eigenvalue weighted by atomic mass is 32.2. The molecule has 2 unspecified atom stereocenters. The summed E-state index contributed by atoms with van der Waals surface area (Å²) in [4.78, 5) is 11.9. The molecule has 7 heteroatoms. The summed E-state index contributed by atoms with van der Waals surface area (Å²) >= 11 is 0. The number of hydrazone groups is 1. The topological polar surface area (TPSA) is 77.0 Å². The fourth-order valence-electron chi connectivity index (χ4n) is 2.52. The highest BCUT2D eigenvalue weighted by Crippen LogP contribution is 2.36. The van der Waals surface area contributed by atoms with Crippen molar-refractivity contribution in [2.45, 2.75) is 25.2 Å². The van der Waals surface area contributed by atoms with E-state index in [1.165, 1.54) is 7.11 Å². The van der Waals surface area contributed by atoms with Gasteiger partial charge in [-0.1, -0.05) is 6.92 Å². The molecule has 0 aromatic heterocycles. The van der Waals surface area contributed by atoms with Crippen LogP contribution in [0.2, 0.25) is 0 Å². The molecular weight excluding hydrogens is 328 g/mol. The van der Waals surface area contributed by atoms with Crippen molar-refractivity contribution < 1.29 is 18.5 Å². The molecule has 2 atom stereocenters. The Hall–Kier alpha value is -2.15. The molecule has 0 saturated carbocycles. The highest BCUT2D eigenvalue weighted by molar-refractivity contribution is 7.84. The van der Waals surface area contributed by atoms with E-state index in [4.69, 9.17) is 9.47 Å². The van der Waals surface area contributed by atoms with Gasteiger partial charge in [-0.25, -0.2) is 5.43 Å². The lowest BCUT2D eigenvalue weighted by Gasteiger charge is -2.18. The Morgan fingerprint density at radius 3 is 2.62 bits per heavy atom. The number of carbonyl (C=O) groups excluding carboxylic acids is 1. The van der Waals surface area contributed by atoms with Gasteiger partial charge in [-0.05, 0) is 36.3 Å². The van der Waals surface area contributed by atoms with Crippen LogP contribution in [0.3, 0.4) is 0 Å². The van der Waals surface area contributed by atoms with Gasteiger partial charge in [0.25, 0.3) is 0 Å². The summed E-state index contributed by atoms with van der Waals surface area (Å²) in [6.07, 6.45) is 3.94. The second-order valence-corrected chi connectivity index (χ2v) is 7.02. The molecule has 0 aliphatic carbocycles. The summed E-state index contributed by atoms with van der Waals surface area (Å²) < 4.78 is 22.7. The maximum atomic E-state index is 12.0. The van der Waals surface area contributed by atoms with E-state index in [1.54, 1.807) is 13.4 Å². The van der Waals surface area contributed by atoms with Crippen LogP contribution in [-0.2, 0) is 15.6 Å². The van der Waals surface area contributed by atoms with Crippen molar-refractivity contribution in [3.63, 3.8) is 0 Å². The standard InChI is InChI=1S/C17H22N2O4S/c1-10(6-13-11(2)7-16(20)19-18-13)12-8-14(22-3)17(23-4)15(9-12)24(5)21/h6,8-9,11H,7H2,1-5H3,(H,19,20). The van der Waals surface area contributed by atoms with Crippen molar-refractivity contribution >= 4 is 28.0 Å². The van der Waals surface area contributed by atoms with E-state index in [1.807, 2.05) is 32.1 Å². The average molecular weight is 350 g/mol. The summed E-state index contributed by atoms with van der Waals surface area (Å²) in [7, 11) is 1.86. The summed E-state index contributed by atoms with van der Waals surface area (Å²) in [5.41, 5.74) is 5.11. The molecule has 1 amide bonds. The van der Waals surface area contributed by atoms with Gasteiger partial charge in [-0.3, -0.25) is 9.00 Å². The van der Waals surface area contributed by atoms with Crippen LogP contribution in [0.4, 0.5) is 0 Å². The minimum atomic E-state index is -1.22. The van der Waals surface area contributed by atoms with Crippen LogP contribution < -0.4 is 14.9 Å². The van der Waals surface area contributed by atoms with Gasteiger partial charge in [0.2, 0.25) is 5.91 Å². The van der Waals surface area contributed by atoms with Crippen LogP contribution in [0.15, 0.2) is 28.2 Å². The van der Waals surface area contributed by atoms with Crippen LogP contribution in [0.5, 0.6) is 11.5 Å². The van der Waals surface area contributed by atoms with E-state index in [2.05, 4.69) is 10.5 Å². The van der Waals surface area contributed by atoms with Gasteiger partial charge < -0.3 is 9.47 Å². The lowest BCUT2D eigenvalue weighted by molar-refractivity contribution is -0.121. The van der Waals surface area contributed by atoms with Crippen molar-refractivity contribution in [3.05, 3.63) is 23.8 Å². The van der Waals surface area contributed by atoms with E-state index in [0.717, 1.165) is 16.8 Å². The molecule has 1 aromatic carbocycles. The molecule has 6 nitrogen and oxygen atoms in total. The first-order valence-electron chi connectivity index (χ1n) is 7.51. The predicted molar refractivity (Wildman–Crippen MR) is 94.9 cm³/mol. The molecule has 0 saturated heterocycles. The number of allylic oxidation sites excluding steroid dienone is 2. The normalized spacial score (nSPS) is 19.4. The molecule has 1 aromatic rings. The smallest absolute Gasteiger partial charge is 0.240 e. The van der Waals surface area contributed by atoms with Crippen LogP contribution in [0.1, 0.15) is 25.8 Å². The van der Waals surface area contributed by atoms with Gasteiger partial charge in [-0.2, -0.15) is 5.10 Å². The first-order valence-corrected chi connectivity index (χ1v) is 9.07. The van der Waals surface area contributed by atoms with Crippen molar-refractivity contribution in [2.24, 2.45) is 11.0 Å². The molecule has 24 heavy (non-hydrogen) atoms. The number of carbonyl (C=O) groups is 1. The number of nitrogens with one attached hydrogen (secondary N) is 1. The number of hydrogen-bond acceptors (Lipinski definition) is 5. The van der Waals surface area contributed by atoms with Crippen LogP contribution >= 0.6 is 0 Å². The maximum Gasteiger partial charge on any atom is 0.240 e. The van der Waals surface area contributed by atoms with Gasteiger partial charge in [0.05, 0.1) is 35.6 Å². The summed E-state index contributed by atoms with van der Waals surface area (Å²) in [5.74, 6) is 0.978. The van der Waals surface area contributed by atoms with Gasteiger partial charge in [0.15, 0.2) is 11.5 Å². The number of methoxy groups -OCH3 is 2. The zero-order valence-electron chi connectivity index (χ0n) is 14.5. The highest BCUT2D eigenvalue weighted by Gasteiger charge is 2.20. The SMILES string of the molecule is COc1cc(C(C)=CC2=NNC(=O)CC2C)cc(S(C)=O)c1OC. The van der Waals surface area contributed by atoms with Gasteiger partial charge >= 0.3 is 0 Å². The first-order chi connectivity index (χ1) is 11.4. The molecule has 0 radical (unpaired) electrons. The number of amides is 1. The minimum Gasteiger partial charge on any atom is -0.493 e. The predicted octanol–water partition coefficient (Wildman–Crippen LogP) is 2.36. The molecule has 0 spiro atoms. The van der Waals surface area contributed by atoms with Crippen LogP contribution in [-0.4, -0.2) is 36.3 Å². The molecule has 0 fully saturated rings. The van der Waals surface area contributed by atoms with E-state index < -0.39 is 10.8 Å². The average Bonchev–Trinajstić information content (AvgIpc) is 2.55. The molecule has 130 valence electrons. The number of benzene rings is 1. The zero-order chi connectivity index (χ0) is 17.9. The third kappa shape index (κ3) is 3.84. The molecule has 0 bridgehead atoms. The zero-order valence-corrected chi connectivity index (χ0v) is 15.3. The van der Waals surface area contributed by atoms with Gasteiger partial charge in [0.1, 0.15) is 0 Å². The summed E-state index contributed by atoms with van der Waals surface area (Å²) in [6.45, 7) is 3.90. The molecule has 2 rings (SSSR count). The molecule has 1 aliphatic rings. The minimum absolute atomic E-state index is 0.0496. The van der Waals surface area contributed by atoms with Gasteiger partial charge in [0, 0.05) is 18.6 Å². The lowest BCUT2D eigenvalue weighted by atomic mass is 9.96. The Bertz CT molecular complexity index is 740. The molecule has 1 aliphatic heterocycles. The molecule has 1 N–H and O–H groups in total. The van der Waals surface area contributed by atoms with Crippen molar-refractivity contribution in [1.29, 1.82) is 0 Å². The Morgan fingerprint density at radius 1 is 1.38 bits per heavy atom. The largest absolute Gasteiger partial charge is 0.493 e. The Kier molecular flexibility index (Phi) is 5.77. The van der Waals surface area contributed by atoms with E-state index in [-0.39, 0.29) is 11.8 Å². The van der Waals surface area contributed by atoms with Crippen molar-refractivity contribution in [2.75, 3.05) is 20.5 Å². The lowest BCUT2D eigenvalue weighted by Crippen LogP contribution is -2.30. The number of hydrogen-bond donors (Lipinski definition) is 1. The van der Waals surface area contributed by atoms with Crippen molar-refractivity contribution in [1.82, 2.24) is 5.43 Å². The quantitative estimate of drug-likeness (QED) is 0.884.